The van der Waals surface area contributed by atoms with Crippen molar-refractivity contribution in [2.75, 3.05) is 25.4 Å². The van der Waals surface area contributed by atoms with Crippen LogP contribution in [-0.2, 0) is 0 Å². The summed E-state index contributed by atoms with van der Waals surface area (Å²) in [5.74, 6) is 1.01. The lowest BCUT2D eigenvalue weighted by molar-refractivity contribution is 0.275. The Morgan fingerprint density at radius 3 is 2.83 bits per heavy atom. The molecule has 0 aromatic heterocycles. The van der Waals surface area contributed by atoms with Gasteiger partial charge in [0.15, 0.2) is 0 Å². The van der Waals surface area contributed by atoms with Crippen LogP contribution in [0.15, 0.2) is 24.3 Å². The van der Waals surface area contributed by atoms with Gasteiger partial charge in [0.1, 0.15) is 5.82 Å². The van der Waals surface area contributed by atoms with Crippen LogP contribution in [0.2, 0.25) is 0 Å². The normalized spacial score (nSPS) is 22.9. The highest BCUT2D eigenvalue weighted by Gasteiger charge is 2.17. The van der Waals surface area contributed by atoms with Crippen molar-refractivity contribution in [3.05, 3.63) is 35.6 Å². The second-order valence-corrected chi connectivity index (χ2v) is 6.48. The van der Waals surface area contributed by atoms with E-state index in [-0.39, 0.29) is 11.9 Å². The Bertz CT molecular complexity index is 369. The predicted molar refractivity (Wildman–Crippen MR) is 76.3 cm³/mol. The van der Waals surface area contributed by atoms with Gasteiger partial charge in [-0.25, -0.2) is 4.39 Å². The van der Waals surface area contributed by atoms with E-state index in [1.165, 1.54) is 17.9 Å². The standard InChI is InChI=1S/C14H21FN2S/c1-11-10-17(8-9-18-11)7-6-14(16)12-2-4-13(15)5-3-12/h2-5,11,14H,6-10,16H2,1H3. The number of rotatable bonds is 4. The third-order valence-corrected chi connectivity index (χ3v) is 4.52. The number of thioether (sulfide) groups is 1. The fourth-order valence-electron chi connectivity index (χ4n) is 2.29. The van der Waals surface area contributed by atoms with Gasteiger partial charge >= 0.3 is 0 Å². The molecule has 2 N–H and O–H groups in total. The largest absolute Gasteiger partial charge is 0.324 e. The van der Waals surface area contributed by atoms with E-state index in [4.69, 9.17) is 5.73 Å². The van der Waals surface area contributed by atoms with E-state index >= 15 is 0 Å². The van der Waals surface area contributed by atoms with Crippen LogP contribution in [0, 0.1) is 5.82 Å². The van der Waals surface area contributed by atoms with E-state index in [1.807, 2.05) is 11.8 Å². The number of benzene rings is 1. The van der Waals surface area contributed by atoms with E-state index in [9.17, 15) is 4.39 Å². The highest BCUT2D eigenvalue weighted by Crippen LogP contribution is 2.20. The number of nitrogens with two attached hydrogens (primary N) is 1. The Balaban J connectivity index is 1.80. The molecule has 2 rings (SSSR count). The summed E-state index contributed by atoms with van der Waals surface area (Å²) in [7, 11) is 0. The molecule has 1 fully saturated rings. The molecule has 1 aromatic rings. The third kappa shape index (κ3) is 3.97. The number of halogens is 1. The molecule has 1 aliphatic rings. The summed E-state index contributed by atoms with van der Waals surface area (Å²) in [6.45, 7) is 5.62. The maximum absolute atomic E-state index is 12.8. The van der Waals surface area contributed by atoms with Gasteiger partial charge in [0.25, 0.3) is 0 Å². The van der Waals surface area contributed by atoms with Crippen LogP contribution in [0.1, 0.15) is 24.9 Å². The van der Waals surface area contributed by atoms with E-state index in [0.29, 0.717) is 0 Å². The molecular weight excluding hydrogens is 247 g/mol. The quantitative estimate of drug-likeness (QED) is 0.910. The molecule has 18 heavy (non-hydrogen) atoms. The van der Waals surface area contributed by atoms with Crippen LogP contribution in [0.4, 0.5) is 4.39 Å². The lowest BCUT2D eigenvalue weighted by Gasteiger charge is -2.31. The van der Waals surface area contributed by atoms with Crippen LogP contribution in [0.5, 0.6) is 0 Å². The fraction of sp³-hybridized carbons (Fsp3) is 0.571. The molecule has 0 spiro atoms. The van der Waals surface area contributed by atoms with Crippen molar-refractivity contribution in [3.63, 3.8) is 0 Å². The molecule has 0 radical (unpaired) electrons. The van der Waals surface area contributed by atoms with Gasteiger partial charge in [-0.2, -0.15) is 11.8 Å². The first-order valence-corrected chi connectivity index (χ1v) is 7.55. The van der Waals surface area contributed by atoms with Crippen LogP contribution in [0.3, 0.4) is 0 Å². The molecule has 1 heterocycles. The van der Waals surface area contributed by atoms with Crippen molar-refractivity contribution in [3.8, 4) is 0 Å². The molecule has 0 amide bonds. The zero-order chi connectivity index (χ0) is 13.0. The number of hydrogen-bond acceptors (Lipinski definition) is 3. The summed E-state index contributed by atoms with van der Waals surface area (Å²) in [6.07, 6.45) is 0.934. The van der Waals surface area contributed by atoms with Gasteiger partial charge in [0.05, 0.1) is 0 Å². The molecule has 2 unspecified atom stereocenters. The van der Waals surface area contributed by atoms with Crippen molar-refractivity contribution in [2.45, 2.75) is 24.6 Å². The fourth-order valence-corrected chi connectivity index (χ4v) is 3.37. The number of hydrogen-bond donors (Lipinski definition) is 1. The van der Waals surface area contributed by atoms with Crippen molar-refractivity contribution in [1.29, 1.82) is 0 Å². The molecule has 2 nitrogen and oxygen atoms in total. The summed E-state index contributed by atoms with van der Waals surface area (Å²) in [5, 5.41) is 0.723. The average Bonchev–Trinajstić information content (AvgIpc) is 2.37. The van der Waals surface area contributed by atoms with E-state index < -0.39 is 0 Å². The van der Waals surface area contributed by atoms with Crippen molar-refractivity contribution < 1.29 is 4.39 Å². The molecule has 0 saturated carbocycles. The Morgan fingerprint density at radius 2 is 2.17 bits per heavy atom. The van der Waals surface area contributed by atoms with Crippen molar-refractivity contribution in [1.82, 2.24) is 4.90 Å². The maximum Gasteiger partial charge on any atom is 0.123 e. The molecule has 0 bridgehead atoms. The van der Waals surface area contributed by atoms with Crippen molar-refractivity contribution in [2.24, 2.45) is 5.73 Å². The average molecular weight is 268 g/mol. The van der Waals surface area contributed by atoms with Crippen LogP contribution >= 0.6 is 11.8 Å². The van der Waals surface area contributed by atoms with Crippen LogP contribution in [-0.4, -0.2) is 35.5 Å². The van der Waals surface area contributed by atoms with E-state index in [2.05, 4.69) is 11.8 Å². The SMILES string of the molecule is CC1CN(CCC(N)c2ccc(F)cc2)CCS1. The summed E-state index contributed by atoms with van der Waals surface area (Å²) in [6, 6.07) is 6.54. The van der Waals surface area contributed by atoms with Crippen molar-refractivity contribution >= 4 is 11.8 Å². The molecule has 1 saturated heterocycles. The summed E-state index contributed by atoms with van der Waals surface area (Å²) < 4.78 is 12.8. The monoisotopic (exact) mass is 268 g/mol. The van der Waals surface area contributed by atoms with Gasteiger partial charge in [-0.05, 0) is 24.1 Å². The Labute approximate surface area is 113 Å². The molecule has 1 aromatic carbocycles. The first kappa shape index (κ1) is 13.8. The zero-order valence-electron chi connectivity index (χ0n) is 10.8. The predicted octanol–water partition coefficient (Wildman–Crippen LogP) is 2.65. The van der Waals surface area contributed by atoms with Gasteiger partial charge in [-0.15, -0.1) is 0 Å². The van der Waals surface area contributed by atoms with Gasteiger partial charge < -0.3 is 10.6 Å². The molecular formula is C14H21FN2S. The third-order valence-electron chi connectivity index (χ3n) is 3.38. The highest BCUT2D eigenvalue weighted by atomic mass is 32.2. The smallest absolute Gasteiger partial charge is 0.123 e. The molecule has 2 atom stereocenters. The Hall–Kier alpha value is -0.580. The minimum atomic E-state index is -0.201. The molecule has 0 aliphatic carbocycles. The van der Waals surface area contributed by atoms with Gasteiger partial charge in [0, 0.05) is 36.7 Å². The minimum Gasteiger partial charge on any atom is -0.324 e. The topological polar surface area (TPSA) is 29.3 Å². The van der Waals surface area contributed by atoms with Gasteiger partial charge in [-0.1, -0.05) is 19.1 Å². The minimum absolute atomic E-state index is 0.00971. The molecule has 100 valence electrons. The lowest BCUT2D eigenvalue weighted by Crippen LogP contribution is -2.38. The van der Waals surface area contributed by atoms with Gasteiger partial charge in [0.2, 0.25) is 0 Å². The Kier molecular flexibility index (Phi) is 5.03. The Morgan fingerprint density at radius 1 is 1.44 bits per heavy atom. The summed E-state index contributed by atoms with van der Waals surface area (Å²) >= 11 is 2.04. The summed E-state index contributed by atoms with van der Waals surface area (Å²) in [5.41, 5.74) is 7.17. The van der Waals surface area contributed by atoms with Crippen LogP contribution < -0.4 is 5.73 Å². The van der Waals surface area contributed by atoms with E-state index in [0.717, 1.165) is 36.9 Å². The zero-order valence-corrected chi connectivity index (χ0v) is 11.6. The number of nitrogens with zero attached hydrogens (tertiary/aromatic N) is 1. The summed E-state index contributed by atoms with van der Waals surface area (Å²) in [4.78, 5) is 2.48. The first-order chi connectivity index (χ1) is 8.65. The van der Waals surface area contributed by atoms with Crippen LogP contribution in [0.25, 0.3) is 0 Å². The second kappa shape index (κ2) is 6.55. The first-order valence-electron chi connectivity index (χ1n) is 6.50. The molecule has 4 heteroatoms. The lowest BCUT2D eigenvalue weighted by atomic mass is 10.0. The van der Waals surface area contributed by atoms with Gasteiger partial charge in [-0.3, -0.25) is 0 Å². The molecule has 1 aliphatic heterocycles. The maximum atomic E-state index is 12.8. The second-order valence-electron chi connectivity index (χ2n) is 4.93. The van der Waals surface area contributed by atoms with E-state index in [1.54, 1.807) is 12.1 Å². The highest BCUT2D eigenvalue weighted by molar-refractivity contribution is 7.99.